The molecule has 0 saturated carbocycles. The maximum Gasteiger partial charge on any atom is 0.358 e. The molecule has 0 radical (unpaired) electrons. The van der Waals surface area contributed by atoms with Gasteiger partial charge < -0.3 is 4.74 Å². The zero-order chi connectivity index (χ0) is 17.4. The summed E-state index contributed by atoms with van der Waals surface area (Å²) < 4.78 is 6.75. The van der Waals surface area contributed by atoms with E-state index in [1.54, 1.807) is 0 Å². The number of rotatable bonds is 3. The molecule has 0 aliphatic carbocycles. The van der Waals surface area contributed by atoms with Gasteiger partial charge in [0.2, 0.25) is 0 Å². The van der Waals surface area contributed by atoms with E-state index in [-0.39, 0.29) is 11.5 Å². The van der Waals surface area contributed by atoms with Crippen LogP contribution in [0.2, 0.25) is 0 Å². The van der Waals surface area contributed by atoms with Gasteiger partial charge in [0.05, 0.1) is 12.6 Å². The topological polar surface area (TPSA) is 44.1 Å². The van der Waals surface area contributed by atoms with E-state index in [9.17, 15) is 4.79 Å². The molecule has 0 unspecified atom stereocenters. The van der Waals surface area contributed by atoms with E-state index in [0.29, 0.717) is 12.1 Å². The fraction of sp³-hybridized carbons (Fsp3) is 0.474. The lowest BCUT2D eigenvalue weighted by molar-refractivity contribution is 0.0591. The Balaban J connectivity index is 2.51. The van der Waals surface area contributed by atoms with Crippen LogP contribution >= 0.6 is 0 Å². The molecule has 124 valence electrons. The monoisotopic (exact) mass is 314 g/mol. The number of aryl methyl sites for hydroxylation is 3. The zero-order valence-corrected chi connectivity index (χ0v) is 15.2. The van der Waals surface area contributed by atoms with Gasteiger partial charge in [-0.05, 0) is 58.2 Å². The van der Waals surface area contributed by atoms with Crippen molar-refractivity contribution in [1.82, 2.24) is 9.78 Å². The minimum absolute atomic E-state index is 0.182. The average Bonchev–Trinajstić information content (AvgIpc) is 2.86. The van der Waals surface area contributed by atoms with Crippen LogP contribution in [0.15, 0.2) is 18.3 Å². The van der Waals surface area contributed by atoms with Crippen LogP contribution in [0.1, 0.15) is 59.1 Å². The summed E-state index contributed by atoms with van der Waals surface area (Å²) in [6.07, 6.45) is 2.64. The highest BCUT2D eigenvalue weighted by molar-refractivity contribution is 5.88. The van der Waals surface area contributed by atoms with Gasteiger partial charge in [-0.2, -0.15) is 5.10 Å². The van der Waals surface area contributed by atoms with E-state index in [1.807, 2.05) is 10.9 Å². The van der Waals surface area contributed by atoms with Crippen molar-refractivity contribution in [2.75, 3.05) is 7.11 Å². The number of benzene rings is 1. The van der Waals surface area contributed by atoms with Gasteiger partial charge >= 0.3 is 5.97 Å². The quantitative estimate of drug-likeness (QED) is 0.806. The standard InChI is InChI=1S/C19H26N2O2/c1-12-8-13(2)16(14(3)9-12)10-15-11-21(19(4,5)6)20-17(15)18(22)23-7/h8-9,11H,10H2,1-7H3. The van der Waals surface area contributed by atoms with Crippen LogP contribution in [0.25, 0.3) is 0 Å². The van der Waals surface area contributed by atoms with Crippen LogP contribution in [0, 0.1) is 20.8 Å². The Bertz CT molecular complexity index is 713. The molecule has 0 amide bonds. The van der Waals surface area contributed by atoms with Crippen molar-refractivity contribution in [3.63, 3.8) is 0 Å². The Morgan fingerprint density at radius 1 is 1.17 bits per heavy atom. The molecule has 0 aliphatic heterocycles. The highest BCUT2D eigenvalue weighted by Gasteiger charge is 2.23. The number of carbonyl (C=O) groups excluding carboxylic acids is 1. The maximum absolute atomic E-state index is 12.1. The molecule has 0 N–H and O–H groups in total. The fourth-order valence-corrected chi connectivity index (χ4v) is 2.83. The van der Waals surface area contributed by atoms with Crippen molar-refractivity contribution in [1.29, 1.82) is 0 Å². The Morgan fingerprint density at radius 3 is 2.22 bits per heavy atom. The second-order valence-corrected chi connectivity index (χ2v) is 7.16. The molecule has 1 heterocycles. The zero-order valence-electron chi connectivity index (χ0n) is 15.2. The van der Waals surface area contributed by atoms with Crippen molar-refractivity contribution in [2.45, 2.75) is 53.5 Å². The summed E-state index contributed by atoms with van der Waals surface area (Å²) in [5, 5.41) is 4.47. The molecule has 0 atom stereocenters. The Hall–Kier alpha value is -2.10. The number of aromatic nitrogens is 2. The molecule has 0 fully saturated rings. The molecule has 1 aromatic heterocycles. The number of hydrogen-bond acceptors (Lipinski definition) is 3. The van der Waals surface area contributed by atoms with E-state index in [0.717, 1.165) is 5.56 Å². The van der Waals surface area contributed by atoms with Crippen molar-refractivity contribution in [2.24, 2.45) is 0 Å². The molecular formula is C19H26N2O2. The van der Waals surface area contributed by atoms with Crippen molar-refractivity contribution < 1.29 is 9.53 Å². The highest BCUT2D eigenvalue weighted by Crippen LogP contribution is 2.24. The summed E-state index contributed by atoms with van der Waals surface area (Å²) in [6.45, 7) is 12.5. The molecule has 1 aromatic carbocycles. The van der Waals surface area contributed by atoms with Gasteiger partial charge in [0.1, 0.15) is 0 Å². The molecule has 0 aliphatic rings. The molecule has 0 saturated heterocycles. The lowest BCUT2D eigenvalue weighted by Crippen LogP contribution is -2.22. The second kappa shape index (κ2) is 6.19. The summed E-state index contributed by atoms with van der Waals surface area (Å²) >= 11 is 0. The summed E-state index contributed by atoms with van der Waals surface area (Å²) in [5.41, 5.74) is 6.10. The normalized spacial score (nSPS) is 11.6. The minimum Gasteiger partial charge on any atom is -0.464 e. The average molecular weight is 314 g/mol. The first-order valence-corrected chi connectivity index (χ1v) is 7.87. The van der Waals surface area contributed by atoms with Gasteiger partial charge in [-0.3, -0.25) is 4.68 Å². The van der Waals surface area contributed by atoms with Crippen molar-refractivity contribution in [3.8, 4) is 0 Å². The lowest BCUT2D eigenvalue weighted by Gasteiger charge is -2.18. The first-order chi connectivity index (χ1) is 10.6. The molecule has 2 aromatic rings. The lowest BCUT2D eigenvalue weighted by atomic mass is 9.94. The minimum atomic E-state index is -0.384. The van der Waals surface area contributed by atoms with E-state index >= 15 is 0 Å². The summed E-state index contributed by atoms with van der Waals surface area (Å²) in [5.74, 6) is -0.384. The summed E-state index contributed by atoms with van der Waals surface area (Å²) in [4.78, 5) is 12.1. The molecule has 0 bridgehead atoms. The third kappa shape index (κ3) is 3.63. The van der Waals surface area contributed by atoms with Gasteiger partial charge in [-0.15, -0.1) is 0 Å². The number of esters is 1. The van der Waals surface area contributed by atoms with E-state index in [2.05, 4.69) is 58.8 Å². The molecule has 4 nitrogen and oxygen atoms in total. The maximum atomic E-state index is 12.1. The van der Waals surface area contributed by atoms with Crippen LogP contribution < -0.4 is 0 Å². The Labute approximate surface area is 138 Å². The van der Waals surface area contributed by atoms with Gasteiger partial charge in [0.15, 0.2) is 5.69 Å². The van der Waals surface area contributed by atoms with Crippen LogP contribution in [0.5, 0.6) is 0 Å². The molecular weight excluding hydrogens is 288 g/mol. The van der Waals surface area contributed by atoms with Crippen LogP contribution in [0.3, 0.4) is 0 Å². The summed E-state index contributed by atoms with van der Waals surface area (Å²) in [7, 11) is 1.39. The first kappa shape index (κ1) is 17.3. The number of ether oxygens (including phenoxy) is 1. The molecule has 23 heavy (non-hydrogen) atoms. The molecule has 2 rings (SSSR count). The number of methoxy groups -OCH3 is 1. The molecule has 4 heteroatoms. The third-order valence-corrected chi connectivity index (χ3v) is 4.06. The second-order valence-electron chi connectivity index (χ2n) is 7.16. The SMILES string of the molecule is COC(=O)c1nn(C(C)(C)C)cc1Cc1c(C)cc(C)cc1C. The van der Waals surface area contributed by atoms with E-state index in [4.69, 9.17) is 4.74 Å². The van der Waals surface area contributed by atoms with Gasteiger partial charge in [0.25, 0.3) is 0 Å². The van der Waals surface area contributed by atoms with Crippen molar-refractivity contribution in [3.05, 3.63) is 51.8 Å². The fourth-order valence-electron chi connectivity index (χ4n) is 2.83. The van der Waals surface area contributed by atoms with Gasteiger partial charge in [-0.25, -0.2) is 4.79 Å². The third-order valence-electron chi connectivity index (χ3n) is 4.06. The van der Waals surface area contributed by atoms with Gasteiger partial charge in [-0.1, -0.05) is 17.7 Å². The van der Waals surface area contributed by atoms with Crippen molar-refractivity contribution >= 4 is 5.97 Å². The number of hydrogen-bond donors (Lipinski definition) is 0. The van der Waals surface area contributed by atoms with Crippen LogP contribution in [-0.4, -0.2) is 22.9 Å². The number of carbonyl (C=O) groups is 1. The van der Waals surface area contributed by atoms with E-state index in [1.165, 1.54) is 29.4 Å². The van der Waals surface area contributed by atoms with Gasteiger partial charge in [0, 0.05) is 18.2 Å². The first-order valence-electron chi connectivity index (χ1n) is 7.87. The predicted molar refractivity (Wildman–Crippen MR) is 92.0 cm³/mol. The predicted octanol–water partition coefficient (Wildman–Crippen LogP) is 3.94. The van der Waals surface area contributed by atoms with Crippen LogP contribution in [0.4, 0.5) is 0 Å². The number of nitrogens with zero attached hydrogens (tertiary/aromatic N) is 2. The smallest absolute Gasteiger partial charge is 0.358 e. The Morgan fingerprint density at radius 2 is 1.74 bits per heavy atom. The highest BCUT2D eigenvalue weighted by atomic mass is 16.5. The Kier molecular flexibility index (Phi) is 4.64. The van der Waals surface area contributed by atoms with Crippen LogP contribution in [-0.2, 0) is 16.7 Å². The molecule has 0 spiro atoms. The van der Waals surface area contributed by atoms with E-state index < -0.39 is 0 Å². The summed E-state index contributed by atoms with van der Waals surface area (Å²) in [6, 6.07) is 4.35. The largest absolute Gasteiger partial charge is 0.464 e.